The first-order valence-electron chi connectivity index (χ1n) is 13.3. The molecule has 3 atom stereocenters. The van der Waals surface area contributed by atoms with Gasteiger partial charge in [-0.25, -0.2) is 0 Å². The number of ether oxygens (including phenoxy) is 2. The molecule has 0 aromatic heterocycles. The predicted octanol–water partition coefficient (Wildman–Crippen LogP) is 8.61. The minimum atomic E-state index is -1.96. The third-order valence-corrected chi connectivity index (χ3v) is 16.6. The summed E-state index contributed by atoms with van der Waals surface area (Å²) in [6.45, 7) is 29.8. The second-order valence-electron chi connectivity index (χ2n) is 13.4. The quantitative estimate of drug-likeness (QED) is 0.149. The second-order valence-corrected chi connectivity index (χ2v) is 22.9. The van der Waals surface area contributed by atoms with E-state index in [2.05, 4.69) is 99.0 Å². The highest BCUT2D eigenvalue weighted by Crippen LogP contribution is 2.39. The van der Waals surface area contributed by atoms with Crippen LogP contribution in [0.3, 0.4) is 0 Å². The number of rotatable bonds is 12. The van der Waals surface area contributed by atoms with Gasteiger partial charge in [-0.15, -0.1) is 0 Å². The zero-order valence-electron chi connectivity index (χ0n) is 24.7. The molecule has 0 radical (unpaired) electrons. The molecule has 0 N–H and O–H groups in total. The van der Waals surface area contributed by atoms with E-state index in [9.17, 15) is 0 Å². The molecule has 200 valence electrons. The first kappa shape index (κ1) is 31.8. The molecule has 0 saturated carbocycles. The van der Waals surface area contributed by atoms with E-state index in [1.807, 2.05) is 13.8 Å². The molecule has 4 nitrogen and oxygen atoms in total. The summed E-state index contributed by atoms with van der Waals surface area (Å²) >= 11 is 0. The van der Waals surface area contributed by atoms with E-state index < -0.39 is 22.4 Å². The fourth-order valence-electron chi connectivity index (χ4n) is 3.28. The van der Waals surface area contributed by atoms with Crippen LogP contribution in [0.4, 0.5) is 0 Å². The van der Waals surface area contributed by atoms with Gasteiger partial charge >= 0.3 is 0 Å². The van der Waals surface area contributed by atoms with Gasteiger partial charge in [0.2, 0.25) is 0 Å². The van der Waals surface area contributed by atoms with Crippen molar-refractivity contribution in [2.24, 2.45) is 0 Å². The van der Waals surface area contributed by atoms with Gasteiger partial charge in [0, 0.05) is 0 Å². The van der Waals surface area contributed by atoms with Crippen molar-refractivity contribution in [3.63, 3.8) is 0 Å². The van der Waals surface area contributed by atoms with Crippen LogP contribution in [0.2, 0.25) is 36.3 Å². The van der Waals surface area contributed by atoms with E-state index in [0.717, 1.165) is 6.42 Å². The molecule has 0 aromatic rings. The van der Waals surface area contributed by atoms with E-state index in [4.69, 9.17) is 18.3 Å². The van der Waals surface area contributed by atoms with Crippen LogP contribution >= 0.6 is 0 Å². The molecule has 1 fully saturated rings. The topological polar surface area (TPSA) is 36.9 Å². The van der Waals surface area contributed by atoms with Crippen molar-refractivity contribution < 1.29 is 18.3 Å². The first-order chi connectivity index (χ1) is 15.3. The second kappa shape index (κ2) is 12.3. The van der Waals surface area contributed by atoms with E-state index in [1.54, 1.807) is 0 Å². The van der Waals surface area contributed by atoms with E-state index in [-0.39, 0.29) is 28.4 Å². The maximum Gasteiger partial charge on any atom is 0.193 e. The van der Waals surface area contributed by atoms with Crippen LogP contribution in [0.15, 0.2) is 24.3 Å². The Morgan fingerprint density at radius 1 is 0.882 bits per heavy atom. The van der Waals surface area contributed by atoms with Crippen LogP contribution in [-0.4, -0.2) is 47.3 Å². The molecule has 6 heteroatoms. The molecule has 1 aliphatic heterocycles. The Kier molecular flexibility index (Phi) is 11.5. The Hall–Kier alpha value is -0.246. The highest BCUT2D eigenvalue weighted by Gasteiger charge is 2.40. The molecular formula is C28H56O4Si2. The lowest BCUT2D eigenvalue weighted by molar-refractivity contribution is -0.133. The summed E-state index contributed by atoms with van der Waals surface area (Å²) in [6.07, 6.45) is 13.4. The molecule has 0 bridgehead atoms. The third kappa shape index (κ3) is 10.4. The number of unbranched alkanes of at least 4 members (excludes halogenated alkanes) is 2. The van der Waals surface area contributed by atoms with Crippen LogP contribution in [-0.2, 0) is 18.3 Å². The van der Waals surface area contributed by atoms with Gasteiger partial charge in [-0.1, -0.05) is 92.0 Å². The monoisotopic (exact) mass is 512 g/mol. The molecule has 0 aliphatic carbocycles. The van der Waals surface area contributed by atoms with Crippen molar-refractivity contribution in [3.8, 4) is 0 Å². The predicted molar refractivity (Wildman–Crippen MR) is 151 cm³/mol. The largest absolute Gasteiger partial charge is 0.411 e. The molecule has 1 rings (SSSR count). The maximum absolute atomic E-state index is 6.84. The van der Waals surface area contributed by atoms with Crippen molar-refractivity contribution in [1.82, 2.24) is 0 Å². The summed E-state index contributed by atoms with van der Waals surface area (Å²) in [5.41, 5.74) is 0. The molecular weight excluding hydrogens is 456 g/mol. The van der Waals surface area contributed by atoms with Gasteiger partial charge in [-0.05, 0) is 56.5 Å². The van der Waals surface area contributed by atoms with E-state index >= 15 is 0 Å². The first-order valence-corrected chi connectivity index (χ1v) is 19.2. The minimum Gasteiger partial charge on any atom is -0.411 e. The van der Waals surface area contributed by atoms with Crippen molar-refractivity contribution >= 4 is 16.6 Å². The van der Waals surface area contributed by atoms with E-state index in [1.165, 1.54) is 19.3 Å². The zero-order chi connectivity index (χ0) is 26.4. The minimum absolute atomic E-state index is 0.0438. The van der Waals surface area contributed by atoms with E-state index in [0.29, 0.717) is 6.61 Å². The van der Waals surface area contributed by atoms with Gasteiger partial charge in [-0.3, -0.25) is 0 Å². The van der Waals surface area contributed by atoms with Crippen molar-refractivity contribution in [2.75, 3.05) is 6.61 Å². The van der Waals surface area contributed by atoms with Gasteiger partial charge in [0.1, 0.15) is 6.10 Å². The molecule has 1 aliphatic rings. The van der Waals surface area contributed by atoms with Crippen LogP contribution in [0.25, 0.3) is 0 Å². The highest BCUT2D eigenvalue weighted by molar-refractivity contribution is 6.74. The summed E-state index contributed by atoms with van der Waals surface area (Å²) in [6, 6.07) is 0. The fraction of sp³-hybridized carbons (Fsp3) is 0.857. The Balaban J connectivity index is 3.13. The van der Waals surface area contributed by atoms with Gasteiger partial charge < -0.3 is 18.3 Å². The molecule has 0 unspecified atom stereocenters. The Bertz CT molecular complexity index is 669. The molecule has 1 heterocycles. The maximum atomic E-state index is 6.84. The SMILES string of the molecule is CCCCC[C@H](/C=C/[C@H](/C=C/[C@H]1COC(C)(C)O1)O[Si](C)(C)C(C)(C)C)O[Si](C)(C)C(C)(C)C. The number of hydrogen-bond donors (Lipinski definition) is 0. The van der Waals surface area contributed by atoms with Crippen molar-refractivity contribution in [2.45, 2.75) is 148 Å². The highest BCUT2D eigenvalue weighted by atomic mass is 28.4. The Morgan fingerprint density at radius 3 is 1.91 bits per heavy atom. The summed E-state index contributed by atoms with van der Waals surface area (Å²) < 4.78 is 25.4. The van der Waals surface area contributed by atoms with Crippen molar-refractivity contribution in [3.05, 3.63) is 24.3 Å². The van der Waals surface area contributed by atoms with Gasteiger partial charge in [0.25, 0.3) is 0 Å². The molecule has 0 amide bonds. The zero-order valence-corrected chi connectivity index (χ0v) is 26.7. The Morgan fingerprint density at radius 2 is 1.44 bits per heavy atom. The molecule has 34 heavy (non-hydrogen) atoms. The molecule has 0 aromatic carbocycles. The van der Waals surface area contributed by atoms with Gasteiger partial charge in [-0.2, -0.15) is 0 Å². The van der Waals surface area contributed by atoms with Crippen LogP contribution in [0.5, 0.6) is 0 Å². The third-order valence-electron chi connectivity index (χ3n) is 7.64. The lowest BCUT2D eigenvalue weighted by Gasteiger charge is -2.39. The van der Waals surface area contributed by atoms with Crippen molar-refractivity contribution in [1.29, 1.82) is 0 Å². The molecule has 1 saturated heterocycles. The summed E-state index contributed by atoms with van der Waals surface area (Å²) in [7, 11) is -3.83. The smallest absolute Gasteiger partial charge is 0.193 e. The summed E-state index contributed by atoms with van der Waals surface area (Å²) in [4.78, 5) is 0. The van der Waals surface area contributed by atoms with Gasteiger partial charge in [0.05, 0.1) is 18.8 Å². The normalized spacial score (nSPS) is 22.1. The standard InChI is InChI=1S/C28H56O4Si2/c1-14-15-16-17-23(31-33(10,11)26(2,3)4)18-19-24(32-34(12,13)27(5,6)7)20-21-25-22-29-28(8,9)30-25/h18-21,23-25H,14-17,22H2,1-13H3/b19-18+,21-20+/t23-,24-,25+/m1/s1. The van der Waals surface area contributed by atoms with Crippen LogP contribution < -0.4 is 0 Å². The van der Waals surface area contributed by atoms with Crippen LogP contribution in [0, 0.1) is 0 Å². The van der Waals surface area contributed by atoms with Crippen LogP contribution in [0.1, 0.15) is 88.0 Å². The summed E-state index contributed by atoms with van der Waals surface area (Å²) in [5.74, 6) is -0.526. The fourth-order valence-corrected chi connectivity index (χ4v) is 5.78. The Labute approximate surface area is 214 Å². The molecule has 0 spiro atoms. The lowest BCUT2D eigenvalue weighted by Crippen LogP contribution is -2.44. The summed E-state index contributed by atoms with van der Waals surface area (Å²) in [5, 5.41) is 0.327. The lowest BCUT2D eigenvalue weighted by atomic mass is 10.1. The van der Waals surface area contributed by atoms with Gasteiger partial charge in [0.15, 0.2) is 22.4 Å². The average molecular weight is 513 g/mol. The number of hydrogen-bond acceptors (Lipinski definition) is 4. The average Bonchev–Trinajstić information content (AvgIpc) is 3.00.